The number of anilines is 1. The number of aliphatic hydroxyl groups excluding tert-OH is 1. The summed E-state index contributed by atoms with van der Waals surface area (Å²) < 4.78 is 0. The summed E-state index contributed by atoms with van der Waals surface area (Å²) in [5.74, 6) is -0.233. The van der Waals surface area contributed by atoms with Crippen molar-refractivity contribution in [1.29, 1.82) is 0 Å². The molecule has 0 spiro atoms. The molecule has 0 saturated heterocycles. The van der Waals surface area contributed by atoms with Gasteiger partial charge in [0.25, 0.3) is 5.91 Å². The second kappa shape index (κ2) is 9.02. The van der Waals surface area contributed by atoms with Crippen LogP contribution in [0.25, 0.3) is 11.1 Å². The molecule has 3 N–H and O–H groups in total. The van der Waals surface area contributed by atoms with Gasteiger partial charge in [0, 0.05) is 36.7 Å². The fraction of sp³-hybridized carbons (Fsp3) is 0.190. The number of aliphatic hydroxyl groups is 1. The molecule has 0 unspecified atom stereocenters. The van der Waals surface area contributed by atoms with E-state index in [0.29, 0.717) is 13.1 Å². The van der Waals surface area contributed by atoms with Crippen molar-refractivity contribution >= 4 is 11.6 Å². The van der Waals surface area contributed by atoms with Gasteiger partial charge >= 0.3 is 0 Å². The van der Waals surface area contributed by atoms with E-state index in [-0.39, 0.29) is 18.3 Å². The predicted octanol–water partition coefficient (Wildman–Crippen LogP) is 2.79. The van der Waals surface area contributed by atoms with Crippen molar-refractivity contribution < 1.29 is 9.90 Å². The molecular formula is C21H22N4O2. The zero-order valence-corrected chi connectivity index (χ0v) is 15.1. The normalized spacial score (nSPS) is 10.6. The Morgan fingerprint density at radius 1 is 1.04 bits per heavy atom. The number of aromatic nitrogens is 2. The fourth-order valence-electron chi connectivity index (χ4n) is 2.75. The zero-order valence-electron chi connectivity index (χ0n) is 15.1. The van der Waals surface area contributed by atoms with Crippen molar-refractivity contribution in [2.24, 2.45) is 0 Å². The van der Waals surface area contributed by atoms with Gasteiger partial charge in [-0.1, -0.05) is 42.5 Å². The molecule has 3 rings (SSSR count). The van der Waals surface area contributed by atoms with Gasteiger partial charge in [-0.2, -0.15) is 0 Å². The van der Waals surface area contributed by atoms with Crippen LogP contribution in [0.2, 0.25) is 0 Å². The summed E-state index contributed by atoms with van der Waals surface area (Å²) >= 11 is 0. The summed E-state index contributed by atoms with van der Waals surface area (Å²) in [6.07, 6.45) is 3.22. The maximum absolute atomic E-state index is 12.5. The minimum atomic E-state index is -0.349. The van der Waals surface area contributed by atoms with Crippen molar-refractivity contribution in [3.63, 3.8) is 0 Å². The molecule has 0 aliphatic heterocycles. The van der Waals surface area contributed by atoms with Gasteiger partial charge in [-0.3, -0.25) is 4.79 Å². The first-order chi connectivity index (χ1) is 13.2. The molecule has 1 aromatic heterocycles. The molecule has 0 aliphatic rings. The molecule has 0 fully saturated rings. The highest BCUT2D eigenvalue weighted by atomic mass is 16.3. The van der Waals surface area contributed by atoms with E-state index in [9.17, 15) is 4.79 Å². The number of carbonyl (C=O) groups is 1. The second-order valence-corrected chi connectivity index (χ2v) is 6.11. The first-order valence-corrected chi connectivity index (χ1v) is 8.78. The third-order valence-corrected chi connectivity index (χ3v) is 4.19. The van der Waals surface area contributed by atoms with E-state index in [4.69, 9.17) is 5.11 Å². The van der Waals surface area contributed by atoms with Crippen molar-refractivity contribution in [2.75, 3.05) is 18.5 Å². The van der Waals surface area contributed by atoms with E-state index in [0.717, 1.165) is 27.9 Å². The Bertz CT molecular complexity index is 896. The Morgan fingerprint density at radius 2 is 1.78 bits per heavy atom. The van der Waals surface area contributed by atoms with Crippen LogP contribution in [0.5, 0.6) is 0 Å². The molecule has 6 heteroatoms. The molecule has 0 saturated carbocycles. The SMILES string of the molecule is Cc1c(NC(=O)c2ncc(CNCCO)cn2)cccc1-c1ccccc1. The van der Waals surface area contributed by atoms with E-state index in [1.165, 1.54) is 0 Å². The van der Waals surface area contributed by atoms with Crippen molar-refractivity contribution in [3.8, 4) is 11.1 Å². The van der Waals surface area contributed by atoms with Gasteiger partial charge in [0.2, 0.25) is 5.82 Å². The molecule has 0 atom stereocenters. The maximum atomic E-state index is 12.5. The lowest BCUT2D eigenvalue weighted by Crippen LogP contribution is -2.19. The first-order valence-electron chi connectivity index (χ1n) is 8.78. The number of hydrogen-bond acceptors (Lipinski definition) is 5. The van der Waals surface area contributed by atoms with Crippen LogP contribution in [0, 0.1) is 6.92 Å². The van der Waals surface area contributed by atoms with Gasteiger partial charge in [0.1, 0.15) is 0 Å². The van der Waals surface area contributed by atoms with Gasteiger partial charge in [-0.15, -0.1) is 0 Å². The maximum Gasteiger partial charge on any atom is 0.293 e. The molecule has 3 aromatic rings. The van der Waals surface area contributed by atoms with E-state index < -0.39 is 0 Å². The molecule has 0 aliphatic carbocycles. The summed E-state index contributed by atoms with van der Waals surface area (Å²) in [5, 5.41) is 14.7. The molecule has 1 amide bonds. The molecule has 6 nitrogen and oxygen atoms in total. The Balaban J connectivity index is 1.73. The van der Waals surface area contributed by atoms with Crippen molar-refractivity contribution in [3.05, 3.63) is 77.9 Å². The minimum Gasteiger partial charge on any atom is -0.395 e. The van der Waals surface area contributed by atoms with E-state index in [1.807, 2.05) is 55.5 Å². The highest BCUT2D eigenvalue weighted by molar-refractivity contribution is 6.02. The molecule has 138 valence electrons. The number of nitrogens with zero attached hydrogens (tertiary/aromatic N) is 2. The quantitative estimate of drug-likeness (QED) is 0.563. The van der Waals surface area contributed by atoms with E-state index >= 15 is 0 Å². The first kappa shape index (κ1) is 18.7. The van der Waals surface area contributed by atoms with Crippen molar-refractivity contribution in [2.45, 2.75) is 13.5 Å². The number of nitrogens with one attached hydrogen (secondary N) is 2. The number of carbonyl (C=O) groups excluding carboxylic acids is 1. The monoisotopic (exact) mass is 362 g/mol. The molecule has 1 heterocycles. The summed E-state index contributed by atoms with van der Waals surface area (Å²) in [5.41, 5.74) is 4.74. The van der Waals surface area contributed by atoms with Gasteiger partial charge in [0.15, 0.2) is 0 Å². The molecule has 2 aromatic carbocycles. The molecular weight excluding hydrogens is 340 g/mol. The Morgan fingerprint density at radius 3 is 2.48 bits per heavy atom. The third-order valence-electron chi connectivity index (χ3n) is 4.19. The van der Waals surface area contributed by atoms with Crippen LogP contribution in [-0.4, -0.2) is 34.1 Å². The van der Waals surface area contributed by atoms with E-state index in [2.05, 4.69) is 20.6 Å². The molecule has 0 bridgehead atoms. The average molecular weight is 362 g/mol. The number of benzene rings is 2. The standard InChI is InChI=1S/C21H22N4O2/c1-15-18(17-6-3-2-4-7-17)8-5-9-19(15)25-21(27)20-23-13-16(14-24-20)12-22-10-11-26/h2-9,13-14,22,26H,10-12H2,1H3,(H,25,27). The predicted molar refractivity (Wildman–Crippen MR) is 105 cm³/mol. The van der Waals surface area contributed by atoms with Crippen LogP contribution in [0.1, 0.15) is 21.7 Å². The largest absolute Gasteiger partial charge is 0.395 e. The number of hydrogen-bond donors (Lipinski definition) is 3. The minimum absolute atomic E-state index is 0.0722. The summed E-state index contributed by atoms with van der Waals surface area (Å²) in [6.45, 7) is 3.09. The van der Waals surface area contributed by atoms with Crippen LogP contribution in [0.4, 0.5) is 5.69 Å². The fourth-order valence-corrected chi connectivity index (χ4v) is 2.75. The van der Waals surface area contributed by atoms with Crippen LogP contribution in [-0.2, 0) is 6.54 Å². The van der Waals surface area contributed by atoms with Crippen molar-refractivity contribution in [1.82, 2.24) is 15.3 Å². The lowest BCUT2D eigenvalue weighted by Gasteiger charge is -2.12. The Kier molecular flexibility index (Phi) is 6.25. The zero-order chi connectivity index (χ0) is 19.1. The highest BCUT2D eigenvalue weighted by Gasteiger charge is 2.13. The van der Waals surface area contributed by atoms with Gasteiger partial charge in [-0.05, 0) is 29.7 Å². The summed E-state index contributed by atoms with van der Waals surface area (Å²) in [4.78, 5) is 20.8. The van der Waals surface area contributed by atoms with Crippen LogP contribution in [0.15, 0.2) is 60.9 Å². The lowest BCUT2D eigenvalue weighted by atomic mass is 9.99. The lowest BCUT2D eigenvalue weighted by molar-refractivity contribution is 0.101. The topological polar surface area (TPSA) is 87.1 Å². The van der Waals surface area contributed by atoms with Gasteiger partial charge in [-0.25, -0.2) is 9.97 Å². The third kappa shape index (κ3) is 4.75. The van der Waals surface area contributed by atoms with Crippen LogP contribution >= 0.6 is 0 Å². The summed E-state index contributed by atoms with van der Waals surface area (Å²) in [6, 6.07) is 15.9. The molecule has 0 radical (unpaired) electrons. The van der Waals surface area contributed by atoms with Crippen LogP contribution < -0.4 is 10.6 Å². The second-order valence-electron chi connectivity index (χ2n) is 6.11. The Labute approximate surface area is 158 Å². The number of amides is 1. The van der Waals surface area contributed by atoms with Gasteiger partial charge in [0.05, 0.1) is 6.61 Å². The van der Waals surface area contributed by atoms with Crippen LogP contribution in [0.3, 0.4) is 0 Å². The van der Waals surface area contributed by atoms with Gasteiger partial charge < -0.3 is 15.7 Å². The Hall–Kier alpha value is -3.09. The number of rotatable bonds is 7. The smallest absolute Gasteiger partial charge is 0.293 e. The average Bonchev–Trinajstić information content (AvgIpc) is 2.71. The molecule has 27 heavy (non-hydrogen) atoms. The highest BCUT2D eigenvalue weighted by Crippen LogP contribution is 2.28. The summed E-state index contributed by atoms with van der Waals surface area (Å²) in [7, 11) is 0. The van der Waals surface area contributed by atoms with E-state index in [1.54, 1.807) is 12.4 Å².